The van der Waals surface area contributed by atoms with Gasteiger partial charge in [0.1, 0.15) is 0 Å². The van der Waals surface area contributed by atoms with E-state index in [1.807, 2.05) is 6.92 Å². The molecule has 0 heterocycles. The molecule has 0 aromatic heterocycles. The van der Waals surface area contributed by atoms with Crippen molar-refractivity contribution in [3.05, 3.63) is 34.9 Å². The van der Waals surface area contributed by atoms with Crippen LogP contribution in [0.3, 0.4) is 0 Å². The number of aryl methyl sites for hydroxylation is 2. The highest BCUT2D eigenvalue weighted by molar-refractivity contribution is 14.0. The van der Waals surface area contributed by atoms with Gasteiger partial charge in [-0.1, -0.05) is 36.2 Å². The number of halogens is 1. The molecule has 0 fully saturated rings. The maximum Gasteiger partial charge on any atom is 0.221 e. The molecule has 3 N–H and O–H groups in total. The van der Waals surface area contributed by atoms with E-state index in [2.05, 4.69) is 59.9 Å². The molecule has 1 rings (SSSR count). The monoisotopic (exact) mass is 460 g/mol. The second kappa shape index (κ2) is 13.0. The summed E-state index contributed by atoms with van der Waals surface area (Å²) < 4.78 is 0. The Labute approximate surface area is 169 Å². The Hall–Kier alpha value is -1.31. The van der Waals surface area contributed by atoms with Crippen molar-refractivity contribution < 1.29 is 4.79 Å². The fourth-order valence-electron chi connectivity index (χ4n) is 2.50. The second-order valence-corrected chi connectivity index (χ2v) is 6.30. The SMILES string of the molecule is CCC(C)NC(=O)CCNC(=NC)NCCc1cc(C)cc(C)c1.I. The zero-order valence-electron chi connectivity index (χ0n) is 16.1. The van der Waals surface area contributed by atoms with Gasteiger partial charge in [-0.15, -0.1) is 24.0 Å². The molecule has 5 nitrogen and oxygen atoms in total. The molecule has 142 valence electrons. The number of carbonyl (C=O) groups excluding carboxylic acids is 1. The van der Waals surface area contributed by atoms with E-state index in [1.54, 1.807) is 7.05 Å². The summed E-state index contributed by atoms with van der Waals surface area (Å²) in [5.41, 5.74) is 3.91. The zero-order chi connectivity index (χ0) is 17.9. The van der Waals surface area contributed by atoms with E-state index in [0.29, 0.717) is 13.0 Å². The number of nitrogens with one attached hydrogen (secondary N) is 3. The van der Waals surface area contributed by atoms with Gasteiger partial charge >= 0.3 is 0 Å². The molecule has 0 bridgehead atoms. The standard InChI is InChI=1S/C19H32N4O.HI/c1-6-16(4)23-18(24)8-10-22-19(20-5)21-9-7-17-12-14(2)11-15(3)13-17;/h11-13,16H,6-10H2,1-5H3,(H,23,24)(H2,20,21,22);1H. The number of hydrogen-bond donors (Lipinski definition) is 3. The van der Waals surface area contributed by atoms with Gasteiger partial charge in [-0.2, -0.15) is 0 Å². The lowest BCUT2D eigenvalue weighted by Crippen LogP contribution is -2.41. The van der Waals surface area contributed by atoms with Gasteiger partial charge in [-0.25, -0.2) is 0 Å². The van der Waals surface area contributed by atoms with Crippen molar-refractivity contribution in [2.45, 2.75) is 53.0 Å². The lowest BCUT2D eigenvalue weighted by Gasteiger charge is -2.14. The number of rotatable bonds is 8. The molecule has 1 aromatic rings. The Kier molecular flexibility index (Phi) is 12.3. The molecular formula is C19H33IN4O. The number of hydrogen-bond acceptors (Lipinski definition) is 2. The van der Waals surface area contributed by atoms with Crippen LogP contribution < -0.4 is 16.0 Å². The fraction of sp³-hybridized carbons (Fsp3) is 0.579. The maximum absolute atomic E-state index is 11.7. The molecule has 1 atom stereocenters. The summed E-state index contributed by atoms with van der Waals surface area (Å²) in [6.45, 7) is 9.69. The summed E-state index contributed by atoms with van der Waals surface area (Å²) in [4.78, 5) is 15.9. The third kappa shape index (κ3) is 10.3. The average Bonchev–Trinajstić information content (AvgIpc) is 2.52. The minimum atomic E-state index is 0. The van der Waals surface area contributed by atoms with Crippen molar-refractivity contribution in [1.29, 1.82) is 0 Å². The number of nitrogens with zero attached hydrogens (tertiary/aromatic N) is 1. The van der Waals surface area contributed by atoms with Crippen LogP contribution in [0.15, 0.2) is 23.2 Å². The summed E-state index contributed by atoms with van der Waals surface area (Å²) in [5, 5.41) is 9.43. The zero-order valence-corrected chi connectivity index (χ0v) is 18.4. The van der Waals surface area contributed by atoms with E-state index in [0.717, 1.165) is 25.3 Å². The first-order valence-electron chi connectivity index (χ1n) is 8.75. The smallest absolute Gasteiger partial charge is 0.221 e. The quantitative estimate of drug-likeness (QED) is 0.318. The summed E-state index contributed by atoms with van der Waals surface area (Å²) in [5.74, 6) is 0.804. The Balaban J connectivity index is 0.00000576. The van der Waals surface area contributed by atoms with Gasteiger partial charge in [-0.05, 0) is 39.2 Å². The van der Waals surface area contributed by atoms with Gasteiger partial charge < -0.3 is 16.0 Å². The van der Waals surface area contributed by atoms with E-state index < -0.39 is 0 Å². The van der Waals surface area contributed by atoms with Gasteiger partial charge in [0.15, 0.2) is 5.96 Å². The molecule has 0 saturated carbocycles. The van der Waals surface area contributed by atoms with E-state index in [1.165, 1.54) is 16.7 Å². The largest absolute Gasteiger partial charge is 0.356 e. The van der Waals surface area contributed by atoms with Gasteiger partial charge in [0.25, 0.3) is 0 Å². The summed E-state index contributed by atoms with van der Waals surface area (Å²) in [7, 11) is 1.74. The van der Waals surface area contributed by atoms with E-state index in [-0.39, 0.29) is 35.9 Å². The highest BCUT2D eigenvalue weighted by Crippen LogP contribution is 2.08. The first kappa shape index (κ1) is 23.7. The van der Waals surface area contributed by atoms with E-state index in [9.17, 15) is 4.79 Å². The van der Waals surface area contributed by atoms with Crippen LogP contribution in [-0.4, -0.2) is 38.0 Å². The minimum Gasteiger partial charge on any atom is -0.356 e. The molecule has 1 unspecified atom stereocenters. The highest BCUT2D eigenvalue weighted by atomic mass is 127. The van der Waals surface area contributed by atoms with Crippen LogP contribution in [0.2, 0.25) is 0 Å². The van der Waals surface area contributed by atoms with Crippen LogP contribution in [0.5, 0.6) is 0 Å². The summed E-state index contributed by atoms with van der Waals surface area (Å²) in [6, 6.07) is 6.84. The van der Waals surface area contributed by atoms with Crippen LogP contribution in [0.1, 0.15) is 43.4 Å². The third-order valence-electron chi connectivity index (χ3n) is 3.88. The predicted octanol–water partition coefficient (Wildman–Crippen LogP) is 2.93. The molecule has 0 spiro atoms. The number of benzene rings is 1. The number of aliphatic imine (C=N–C) groups is 1. The average molecular weight is 460 g/mol. The Morgan fingerprint density at radius 1 is 1.12 bits per heavy atom. The summed E-state index contributed by atoms with van der Waals surface area (Å²) in [6.07, 6.45) is 2.33. The molecule has 0 aliphatic heterocycles. The van der Waals surface area contributed by atoms with Crippen LogP contribution >= 0.6 is 24.0 Å². The van der Waals surface area contributed by atoms with Crippen LogP contribution in [0.4, 0.5) is 0 Å². The van der Waals surface area contributed by atoms with Gasteiger partial charge in [0.05, 0.1) is 0 Å². The van der Waals surface area contributed by atoms with Crippen molar-refractivity contribution >= 4 is 35.8 Å². The fourth-order valence-corrected chi connectivity index (χ4v) is 2.50. The summed E-state index contributed by atoms with van der Waals surface area (Å²) >= 11 is 0. The maximum atomic E-state index is 11.7. The first-order valence-corrected chi connectivity index (χ1v) is 8.75. The molecule has 0 radical (unpaired) electrons. The van der Waals surface area contributed by atoms with Crippen LogP contribution in [0.25, 0.3) is 0 Å². The molecule has 6 heteroatoms. The second-order valence-electron chi connectivity index (χ2n) is 6.30. The van der Waals surface area contributed by atoms with Crippen LogP contribution in [-0.2, 0) is 11.2 Å². The molecule has 0 saturated heterocycles. The van der Waals surface area contributed by atoms with Crippen molar-refractivity contribution in [2.75, 3.05) is 20.1 Å². The van der Waals surface area contributed by atoms with Crippen molar-refractivity contribution in [2.24, 2.45) is 4.99 Å². The lowest BCUT2D eigenvalue weighted by molar-refractivity contribution is -0.121. The molecule has 0 aliphatic carbocycles. The normalized spacial score (nSPS) is 12.1. The van der Waals surface area contributed by atoms with Gasteiger partial charge in [0.2, 0.25) is 5.91 Å². The van der Waals surface area contributed by atoms with E-state index in [4.69, 9.17) is 0 Å². The van der Waals surface area contributed by atoms with Gasteiger partial charge in [-0.3, -0.25) is 9.79 Å². The van der Waals surface area contributed by atoms with E-state index >= 15 is 0 Å². The Morgan fingerprint density at radius 3 is 2.28 bits per heavy atom. The third-order valence-corrected chi connectivity index (χ3v) is 3.88. The van der Waals surface area contributed by atoms with Crippen molar-refractivity contribution in [1.82, 2.24) is 16.0 Å². The highest BCUT2D eigenvalue weighted by Gasteiger charge is 2.05. The molecule has 1 amide bonds. The molecule has 25 heavy (non-hydrogen) atoms. The minimum absolute atomic E-state index is 0. The predicted molar refractivity (Wildman–Crippen MR) is 117 cm³/mol. The molecule has 1 aromatic carbocycles. The number of guanidine groups is 1. The Bertz CT molecular complexity index is 540. The van der Waals surface area contributed by atoms with Gasteiger partial charge in [0, 0.05) is 32.6 Å². The molecular weight excluding hydrogens is 427 g/mol. The number of carbonyl (C=O) groups is 1. The van der Waals surface area contributed by atoms with Crippen LogP contribution in [0, 0.1) is 13.8 Å². The lowest BCUT2D eigenvalue weighted by atomic mass is 10.1. The van der Waals surface area contributed by atoms with Crippen molar-refractivity contribution in [3.63, 3.8) is 0 Å². The molecule has 0 aliphatic rings. The first-order chi connectivity index (χ1) is 11.4. The van der Waals surface area contributed by atoms with Crippen molar-refractivity contribution in [3.8, 4) is 0 Å². The topological polar surface area (TPSA) is 65.5 Å². The Morgan fingerprint density at radius 2 is 1.72 bits per heavy atom. The number of amides is 1.